The lowest BCUT2D eigenvalue weighted by atomic mass is 9.83. The number of rotatable bonds is 2. The fourth-order valence-electron chi connectivity index (χ4n) is 4.22. The molecule has 0 N–H and O–H groups in total. The minimum absolute atomic E-state index is 0.137. The summed E-state index contributed by atoms with van der Waals surface area (Å²) in [7, 11) is 0. The number of hydrogen-bond donors (Lipinski definition) is 0. The van der Waals surface area contributed by atoms with Gasteiger partial charge in [0.25, 0.3) is 5.56 Å². The molecule has 3 aromatic rings. The summed E-state index contributed by atoms with van der Waals surface area (Å²) in [4.78, 5) is 19.5. The molecule has 4 nitrogen and oxygen atoms in total. The largest absolute Gasteiger partial charge is 0.347 e. The first kappa shape index (κ1) is 16.3. The molecule has 1 aromatic carbocycles. The van der Waals surface area contributed by atoms with Crippen molar-refractivity contribution in [2.75, 3.05) is 18.0 Å². The van der Waals surface area contributed by atoms with Crippen LogP contribution in [-0.2, 0) is 6.54 Å². The third kappa shape index (κ3) is 2.81. The van der Waals surface area contributed by atoms with E-state index in [4.69, 9.17) is 4.98 Å². The molecule has 2 aliphatic heterocycles. The van der Waals surface area contributed by atoms with Crippen LogP contribution in [0.5, 0.6) is 0 Å². The molecule has 0 aliphatic carbocycles. The van der Waals surface area contributed by atoms with Gasteiger partial charge >= 0.3 is 0 Å². The van der Waals surface area contributed by atoms with Crippen LogP contribution in [0.15, 0.2) is 57.1 Å². The third-order valence-corrected chi connectivity index (χ3v) is 6.81. The number of benzene rings is 1. The molecule has 0 radical (unpaired) electrons. The number of pyridine rings is 1. The Kier molecular flexibility index (Phi) is 3.98. The molecule has 0 amide bonds. The average Bonchev–Trinajstić information content (AvgIpc) is 3.13. The summed E-state index contributed by atoms with van der Waals surface area (Å²) in [6, 6.07) is 14.0. The maximum absolute atomic E-state index is 12.2. The van der Waals surface area contributed by atoms with E-state index >= 15 is 0 Å². The number of nitrogens with zero attached hydrogens (tertiary/aromatic N) is 3. The fourth-order valence-corrected chi connectivity index (χ4v) is 5.33. The van der Waals surface area contributed by atoms with Crippen LogP contribution in [0.1, 0.15) is 18.0 Å². The first-order valence-corrected chi connectivity index (χ1v) is 10.5. The number of thiazole rings is 1. The number of piperidine rings is 1. The van der Waals surface area contributed by atoms with Crippen molar-refractivity contribution in [2.24, 2.45) is 5.92 Å². The Balaban J connectivity index is 1.43. The summed E-state index contributed by atoms with van der Waals surface area (Å²) in [5, 5.41) is 3.23. The molecule has 6 heteroatoms. The lowest BCUT2D eigenvalue weighted by Gasteiger charge is -2.42. The molecule has 0 spiro atoms. The number of fused-ring (bicyclic) bond motifs is 4. The van der Waals surface area contributed by atoms with E-state index in [0.717, 1.165) is 40.5 Å². The molecule has 2 aliphatic rings. The highest BCUT2D eigenvalue weighted by Gasteiger charge is 2.35. The van der Waals surface area contributed by atoms with Gasteiger partial charge in [-0.3, -0.25) is 4.79 Å². The van der Waals surface area contributed by atoms with Crippen LogP contribution in [0, 0.1) is 5.92 Å². The molecule has 0 unspecified atom stereocenters. The van der Waals surface area contributed by atoms with Gasteiger partial charge in [-0.1, -0.05) is 34.1 Å². The van der Waals surface area contributed by atoms with E-state index in [-0.39, 0.29) is 5.56 Å². The fraction of sp³-hybridized carbons (Fsp3) is 0.300. The van der Waals surface area contributed by atoms with Gasteiger partial charge in [0.05, 0.1) is 5.69 Å². The number of hydrogen-bond acceptors (Lipinski definition) is 4. The van der Waals surface area contributed by atoms with Crippen LogP contribution in [0.4, 0.5) is 5.13 Å². The van der Waals surface area contributed by atoms with Gasteiger partial charge in [0.1, 0.15) is 0 Å². The zero-order chi connectivity index (χ0) is 17.7. The second kappa shape index (κ2) is 6.35. The number of aromatic nitrogens is 2. The van der Waals surface area contributed by atoms with Crippen molar-refractivity contribution in [3.8, 4) is 11.3 Å². The molecule has 2 atom stereocenters. The normalized spacial score (nSPS) is 21.5. The van der Waals surface area contributed by atoms with Crippen molar-refractivity contribution < 1.29 is 0 Å². The van der Waals surface area contributed by atoms with Gasteiger partial charge in [0.15, 0.2) is 5.13 Å². The SMILES string of the molecule is O=c1cccc2n1C[C@@H]1C[C@@H]2CN(c2nc(-c3ccc(Br)cc3)cs2)C1. The van der Waals surface area contributed by atoms with E-state index < -0.39 is 0 Å². The molecule has 132 valence electrons. The lowest BCUT2D eigenvalue weighted by molar-refractivity contribution is 0.281. The van der Waals surface area contributed by atoms with E-state index in [1.807, 2.05) is 22.8 Å². The Hall–Kier alpha value is -1.92. The quantitative estimate of drug-likeness (QED) is 0.609. The van der Waals surface area contributed by atoms with Crippen LogP contribution < -0.4 is 10.5 Å². The Morgan fingerprint density at radius 3 is 2.77 bits per heavy atom. The standard InChI is InChI=1S/C20H18BrN3OS/c21-16-6-4-14(5-7-16)17-12-26-20(22-17)23-9-13-8-15(11-23)18-2-1-3-19(25)24(18)10-13/h1-7,12-13,15H,8-11H2/t13-,15-/m1/s1. The summed E-state index contributed by atoms with van der Waals surface area (Å²) in [6.45, 7) is 2.74. The zero-order valence-electron chi connectivity index (χ0n) is 14.1. The van der Waals surface area contributed by atoms with Crippen molar-refractivity contribution in [1.29, 1.82) is 0 Å². The van der Waals surface area contributed by atoms with E-state index in [9.17, 15) is 4.79 Å². The molecule has 2 bridgehead atoms. The number of halogens is 1. The molecule has 4 heterocycles. The molecule has 2 aromatic heterocycles. The predicted octanol–water partition coefficient (Wildman–Crippen LogP) is 4.36. The van der Waals surface area contributed by atoms with Crippen LogP contribution in [0.2, 0.25) is 0 Å². The molecule has 1 fully saturated rings. The van der Waals surface area contributed by atoms with Gasteiger partial charge in [-0.25, -0.2) is 4.98 Å². The summed E-state index contributed by atoms with van der Waals surface area (Å²) in [5.74, 6) is 0.929. The van der Waals surface area contributed by atoms with Crippen LogP contribution in [0.25, 0.3) is 11.3 Å². The maximum Gasteiger partial charge on any atom is 0.250 e. The number of anilines is 1. The summed E-state index contributed by atoms with van der Waals surface area (Å²) in [6.07, 6.45) is 1.17. The second-order valence-corrected chi connectivity index (χ2v) is 8.88. The first-order valence-electron chi connectivity index (χ1n) is 8.83. The highest BCUT2D eigenvalue weighted by Crippen LogP contribution is 2.38. The highest BCUT2D eigenvalue weighted by molar-refractivity contribution is 9.10. The van der Waals surface area contributed by atoms with Gasteiger partial charge < -0.3 is 9.47 Å². The Morgan fingerprint density at radius 2 is 1.92 bits per heavy atom. The predicted molar refractivity (Wildman–Crippen MR) is 109 cm³/mol. The minimum Gasteiger partial charge on any atom is -0.347 e. The second-order valence-electron chi connectivity index (χ2n) is 7.13. The molecule has 26 heavy (non-hydrogen) atoms. The van der Waals surface area contributed by atoms with E-state index in [1.54, 1.807) is 17.4 Å². The van der Waals surface area contributed by atoms with Crippen LogP contribution >= 0.6 is 27.3 Å². The topological polar surface area (TPSA) is 38.1 Å². The van der Waals surface area contributed by atoms with Crippen molar-refractivity contribution in [1.82, 2.24) is 9.55 Å². The molecular weight excluding hydrogens is 410 g/mol. The van der Waals surface area contributed by atoms with Gasteiger partial charge in [0.2, 0.25) is 0 Å². The van der Waals surface area contributed by atoms with E-state index in [2.05, 4.69) is 44.4 Å². The zero-order valence-corrected chi connectivity index (χ0v) is 16.5. The summed E-state index contributed by atoms with van der Waals surface area (Å²) in [5.41, 5.74) is 3.50. The Bertz CT molecular complexity index is 1010. The molecule has 5 rings (SSSR count). The van der Waals surface area contributed by atoms with Gasteiger partial charge in [0, 0.05) is 52.7 Å². The highest BCUT2D eigenvalue weighted by atomic mass is 79.9. The Morgan fingerprint density at radius 1 is 1.08 bits per heavy atom. The van der Waals surface area contributed by atoms with Crippen molar-refractivity contribution in [3.63, 3.8) is 0 Å². The lowest BCUT2D eigenvalue weighted by Crippen LogP contribution is -2.47. The van der Waals surface area contributed by atoms with Gasteiger partial charge in [-0.15, -0.1) is 11.3 Å². The minimum atomic E-state index is 0.137. The summed E-state index contributed by atoms with van der Waals surface area (Å²) >= 11 is 5.19. The molecular formula is C20H18BrN3OS. The van der Waals surface area contributed by atoms with Crippen molar-refractivity contribution in [3.05, 3.63) is 68.4 Å². The van der Waals surface area contributed by atoms with Gasteiger partial charge in [-0.05, 0) is 30.5 Å². The monoisotopic (exact) mass is 427 g/mol. The van der Waals surface area contributed by atoms with Crippen molar-refractivity contribution >= 4 is 32.4 Å². The molecule has 1 saturated heterocycles. The van der Waals surface area contributed by atoms with Crippen molar-refractivity contribution in [2.45, 2.75) is 18.9 Å². The average molecular weight is 428 g/mol. The van der Waals surface area contributed by atoms with E-state index in [0.29, 0.717) is 11.8 Å². The third-order valence-electron chi connectivity index (χ3n) is 5.38. The Labute approximate surface area is 164 Å². The molecule has 0 saturated carbocycles. The van der Waals surface area contributed by atoms with Crippen LogP contribution in [0.3, 0.4) is 0 Å². The maximum atomic E-state index is 12.2. The smallest absolute Gasteiger partial charge is 0.250 e. The summed E-state index contributed by atoms with van der Waals surface area (Å²) < 4.78 is 3.06. The van der Waals surface area contributed by atoms with Crippen LogP contribution in [-0.4, -0.2) is 22.6 Å². The van der Waals surface area contributed by atoms with Gasteiger partial charge in [-0.2, -0.15) is 0 Å². The first-order chi connectivity index (χ1) is 12.7. The van der Waals surface area contributed by atoms with E-state index in [1.165, 1.54) is 12.1 Å².